The number of hydrogen-bond donors (Lipinski definition) is 2. The van der Waals surface area contributed by atoms with Crippen LogP contribution in [0.3, 0.4) is 0 Å². The molecule has 0 aliphatic carbocycles. The quantitative estimate of drug-likeness (QED) is 0.174. The van der Waals surface area contributed by atoms with Gasteiger partial charge in [-0.25, -0.2) is 9.97 Å². The number of allylic oxidation sites excluding steroid dienone is 14. The van der Waals surface area contributed by atoms with Crippen LogP contribution in [0.4, 0.5) is 0 Å². The maximum Gasteiger partial charge on any atom is 0.138 e. The molecule has 2 rings (SSSR count). The van der Waals surface area contributed by atoms with Crippen molar-refractivity contribution < 1.29 is 4.74 Å². The zero-order chi connectivity index (χ0) is 34.7. The van der Waals surface area contributed by atoms with Crippen molar-refractivity contribution in [1.29, 1.82) is 0 Å². The summed E-state index contributed by atoms with van der Waals surface area (Å²) in [6.45, 7) is 39.1. The summed E-state index contributed by atoms with van der Waals surface area (Å²) in [5.41, 5.74) is 5.34. The van der Waals surface area contributed by atoms with E-state index in [9.17, 15) is 0 Å². The Labute approximate surface area is 276 Å². The summed E-state index contributed by atoms with van der Waals surface area (Å²) in [5, 5.41) is 1.61. The maximum atomic E-state index is 6.12. The molecule has 0 radical (unpaired) electrons. The first-order valence-corrected chi connectivity index (χ1v) is 15.5. The molecule has 2 aromatic rings. The lowest BCUT2D eigenvalue weighted by molar-refractivity contribution is 0.335. The Morgan fingerprint density at radius 3 is 2.04 bits per heavy atom. The van der Waals surface area contributed by atoms with Gasteiger partial charge >= 0.3 is 0 Å². The molecule has 0 atom stereocenters. The summed E-state index contributed by atoms with van der Waals surface area (Å²) >= 11 is 0. The van der Waals surface area contributed by atoms with E-state index < -0.39 is 0 Å². The average Bonchev–Trinajstić information content (AvgIpc) is 3.59. The maximum absolute atomic E-state index is 6.12. The molecule has 0 aliphatic rings. The minimum atomic E-state index is -0.0796. The van der Waals surface area contributed by atoms with E-state index in [1.807, 2.05) is 69.4 Å². The van der Waals surface area contributed by atoms with Crippen molar-refractivity contribution in [1.82, 2.24) is 19.9 Å². The molecular weight excluding hydrogens is 564 g/mol. The van der Waals surface area contributed by atoms with E-state index in [2.05, 4.69) is 96.6 Å². The molecule has 5 nitrogen and oxygen atoms in total. The SMILES string of the molecule is C=C/C(=C\C=C(/C=C)c1nc(/C=C\C(=C)/C(C)=C/C=c2/nc(C(C)(C)C)[nH]c2=C)c(C=C)[nH]1)OC(/C=C\C(=C/C)C(C)(C)C)=C/C. The highest BCUT2D eigenvalue weighted by Crippen LogP contribution is 2.27. The molecule has 5 heteroatoms. The molecular formula is C41H52N4O. The second-order valence-corrected chi connectivity index (χ2v) is 12.9. The van der Waals surface area contributed by atoms with Gasteiger partial charge in [-0.1, -0.05) is 105 Å². The summed E-state index contributed by atoms with van der Waals surface area (Å²) in [7, 11) is 0. The van der Waals surface area contributed by atoms with Crippen LogP contribution in [0.25, 0.3) is 30.4 Å². The van der Waals surface area contributed by atoms with Crippen LogP contribution in [0.5, 0.6) is 0 Å². The first kappa shape index (κ1) is 37.3. The van der Waals surface area contributed by atoms with E-state index in [4.69, 9.17) is 14.7 Å². The molecule has 0 saturated carbocycles. The number of nitrogens with one attached hydrogen (secondary N) is 2. The molecule has 0 bridgehead atoms. The number of rotatable bonds is 13. The molecule has 2 heterocycles. The van der Waals surface area contributed by atoms with Crippen LogP contribution in [0.1, 0.15) is 85.4 Å². The average molecular weight is 617 g/mol. The third-order valence-electron chi connectivity index (χ3n) is 7.17. The molecule has 46 heavy (non-hydrogen) atoms. The smallest absolute Gasteiger partial charge is 0.138 e. The van der Waals surface area contributed by atoms with E-state index in [-0.39, 0.29) is 10.8 Å². The lowest BCUT2D eigenvalue weighted by Crippen LogP contribution is -2.21. The number of H-pyrrole nitrogens is 2. The lowest BCUT2D eigenvalue weighted by Gasteiger charge is -2.20. The normalized spacial score (nSPS) is 14.8. The standard InChI is InChI=1S/C41H52N4O/c1-15-31(22-24-33(17-3)46-34(18-4)25-23-32(16-2)40(9,10)11)38-43-35(19-5)37(44-38)27-21-29(7)28(6)20-26-36-30(8)42-39(45-36)41(12,13)14/h15-27H,1,3,5,7-8H2,2,4,6,9-14H3,(H,42,45)(H,43,44)/b25-23-,27-21-,28-20+,31-22+,32-16+,33-24+,34-18+,36-26+. The Morgan fingerprint density at radius 2 is 1.52 bits per heavy atom. The van der Waals surface area contributed by atoms with Gasteiger partial charge in [0.1, 0.15) is 23.2 Å². The van der Waals surface area contributed by atoms with Crippen LogP contribution in [-0.2, 0) is 10.2 Å². The molecule has 2 aromatic heterocycles. The molecule has 0 unspecified atom stereocenters. The summed E-state index contributed by atoms with van der Waals surface area (Å²) in [4.78, 5) is 16.1. The number of aromatic nitrogens is 4. The highest BCUT2D eigenvalue weighted by molar-refractivity contribution is 5.74. The van der Waals surface area contributed by atoms with E-state index in [0.717, 1.165) is 50.4 Å². The number of hydrogen-bond acceptors (Lipinski definition) is 3. The first-order valence-electron chi connectivity index (χ1n) is 15.5. The Balaban J connectivity index is 2.30. The van der Waals surface area contributed by atoms with Crippen molar-refractivity contribution in [3.63, 3.8) is 0 Å². The summed E-state index contributed by atoms with van der Waals surface area (Å²) in [6.07, 6.45) is 24.8. The predicted molar refractivity (Wildman–Crippen MR) is 201 cm³/mol. The largest absolute Gasteiger partial charge is 0.458 e. The van der Waals surface area contributed by atoms with Crippen LogP contribution < -0.4 is 10.7 Å². The monoisotopic (exact) mass is 616 g/mol. The number of imidazole rings is 2. The minimum Gasteiger partial charge on any atom is -0.458 e. The molecule has 0 fully saturated rings. The van der Waals surface area contributed by atoms with Gasteiger partial charge in [-0.3, -0.25) is 0 Å². The fourth-order valence-corrected chi connectivity index (χ4v) is 4.19. The van der Waals surface area contributed by atoms with E-state index in [1.54, 1.807) is 18.2 Å². The third-order valence-corrected chi connectivity index (χ3v) is 7.17. The van der Waals surface area contributed by atoms with Crippen molar-refractivity contribution in [2.24, 2.45) is 5.41 Å². The number of nitrogens with zero attached hydrogens (tertiary/aromatic N) is 2. The Hall–Kier alpha value is -4.90. The highest BCUT2D eigenvalue weighted by Gasteiger charge is 2.17. The van der Waals surface area contributed by atoms with Gasteiger partial charge < -0.3 is 14.7 Å². The molecule has 242 valence electrons. The van der Waals surface area contributed by atoms with Crippen LogP contribution in [0, 0.1) is 5.41 Å². The topological polar surface area (TPSA) is 66.6 Å². The third kappa shape index (κ3) is 10.6. The molecule has 0 spiro atoms. The Bertz CT molecular complexity index is 1770. The molecule has 0 aliphatic heterocycles. The summed E-state index contributed by atoms with van der Waals surface area (Å²) in [5.74, 6) is 2.87. The fraction of sp³-hybridized carbons (Fsp3) is 0.268. The van der Waals surface area contributed by atoms with Crippen LogP contribution in [0.15, 0.2) is 115 Å². The summed E-state index contributed by atoms with van der Waals surface area (Å²) < 4.78 is 6.12. The first-order chi connectivity index (χ1) is 21.6. The number of ether oxygens (including phenoxy) is 1. The van der Waals surface area contributed by atoms with Gasteiger partial charge in [0.2, 0.25) is 0 Å². The van der Waals surface area contributed by atoms with Gasteiger partial charge in [0.15, 0.2) is 0 Å². The Kier molecular flexibility index (Phi) is 13.3. The van der Waals surface area contributed by atoms with Crippen molar-refractivity contribution in [3.8, 4) is 0 Å². The van der Waals surface area contributed by atoms with Crippen molar-refractivity contribution in [3.05, 3.63) is 149 Å². The van der Waals surface area contributed by atoms with Gasteiger partial charge in [0, 0.05) is 11.0 Å². The molecule has 2 N–H and O–H groups in total. The second kappa shape index (κ2) is 16.4. The van der Waals surface area contributed by atoms with Crippen molar-refractivity contribution in [2.45, 2.75) is 67.7 Å². The van der Waals surface area contributed by atoms with Crippen molar-refractivity contribution >= 4 is 30.4 Å². The summed E-state index contributed by atoms with van der Waals surface area (Å²) in [6, 6.07) is 0. The Morgan fingerprint density at radius 1 is 0.826 bits per heavy atom. The van der Waals surface area contributed by atoms with E-state index in [1.165, 1.54) is 5.57 Å². The zero-order valence-electron chi connectivity index (χ0n) is 29.3. The van der Waals surface area contributed by atoms with Crippen LogP contribution >= 0.6 is 0 Å². The van der Waals surface area contributed by atoms with Crippen LogP contribution in [0.2, 0.25) is 0 Å². The molecule has 0 aromatic carbocycles. The second-order valence-electron chi connectivity index (χ2n) is 12.9. The predicted octanol–water partition coefficient (Wildman–Crippen LogP) is 9.59. The fourth-order valence-electron chi connectivity index (χ4n) is 4.19. The molecule has 0 saturated heterocycles. The van der Waals surface area contributed by atoms with Gasteiger partial charge in [0.05, 0.1) is 22.1 Å². The number of aromatic amines is 2. The zero-order valence-corrected chi connectivity index (χ0v) is 29.3. The van der Waals surface area contributed by atoms with E-state index in [0.29, 0.717) is 11.6 Å². The van der Waals surface area contributed by atoms with Crippen molar-refractivity contribution in [2.75, 3.05) is 0 Å². The van der Waals surface area contributed by atoms with E-state index >= 15 is 0 Å². The highest BCUT2D eigenvalue weighted by atomic mass is 16.5. The van der Waals surface area contributed by atoms with Gasteiger partial charge in [-0.05, 0) is 91.5 Å². The van der Waals surface area contributed by atoms with Gasteiger partial charge in [0.25, 0.3) is 0 Å². The van der Waals surface area contributed by atoms with Crippen LogP contribution in [-0.4, -0.2) is 19.9 Å². The lowest BCUT2D eigenvalue weighted by atomic mass is 9.86. The van der Waals surface area contributed by atoms with Gasteiger partial charge in [-0.15, -0.1) is 0 Å². The van der Waals surface area contributed by atoms with Gasteiger partial charge in [-0.2, -0.15) is 0 Å². The minimum absolute atomic E-state index is 0.0416. The molecule has 0 amide bonds.